The van der Waals surface area contributed by atoms with Crippen molar-refractivity contribution in [2.45, 2.75) is 26.2 Å². The van der Waals surface area contributed by atoms with Gasteiger partial charge < -0.3 is 10.8 Å². The van der Waals surface area contributed by atoms with Crippen molar-refractivity contribution < 1.29 is 14.7 Å². The molecule has 0 bridgehead atoms. The molecule has 0 aliphatic heterocycles. The summed E-state index contributed by atoms with van der Waals surface area (Å²) in [5, 5.41) is 11.6. The molecule has 1 atom stereocenters. The van der Waals surface area contributed by atoms with E-state index < -0.39 is 17.3 Å². The third kappa shape index (κ3) is 2.38. The van der Waals surface area contributed by atoms with Crippen molar-refractivity contribution in [3.05, 3.63) is 27.7 Å². The van der Waals surface area contributed by atoms with Gasteiger partial charge in [0, 0.05) is 5.38 Å². The Morgan fingerprint density at radius 1 is 1.48 bits per heavy atom. The van der Waals surface area contributed by atoms with E-state index in [0.717, 1.165) is 0 Å². The number of hydrogen-bond donors (Lipinski definition) is 2. The summed E-state index contributed by atoms with van der Waals surface area (Å²) in [6.45, 7) is 5.22. The standard InChI is InChI=1S/C14H15ClN2O3S/c1-6(2)14(3,13(16)20)11-7(12(18)19)4-9-10(17-11)8(15)5-21-9/h4-6H,1-3H3,(H2,16,20)(H,18,19). The summed E-state index contributed by atoms with van der Waals surface area (Å²) in [7, 11) is 0. The number of carbonyl (C=O) groups excluding carboxylic acids is 1. The molecular formula is C14H15ClN2O3S. The number of aromatic carboxylic acids is 1. The molecule has 1 unspecified atom stereocenters. The SMILES string of the molecule is CC(C)C(C)(C(N)=O)c1nc2c(Cl)csc2cc1C(=O)O. The molecule has 5 nitrogen and oxygen atoms in total. The summed E-state index contributed by atoms with van der Waals surface area (Å²) < 4.78 is 0.664. The first-order valence-corrected chi connectivity index (χ1v) is 7.56. The van der Waals surface area contributed by atoms with Crippen LogP contribution < -0.4 is 5.73 Å². The van der Waals surface area contributed by atoms with Crippen molar-refractivity contribution in [1.82, 2.24) is 4.98 Å². The van der Waals surface area contributed by atoms with Gasteiger partial charge in [0.15, 0.2) is 0 Å². The van der Waals surface area contributed by atoms with Crippen LogP contribution in [0.1, 0.15) is 36.8 Å². The summed E-state index contributed by atoms with van der Waals surface area (Å²) in [5.74, 6) is -1.97. The van der Waals surface area contributed by atoms with Crippen LogP contribution in [-0.4, -0.2) is 22.0 Å². The topological polar surface area (TPSA) is 93.3 Å². The van der Waals surface area contributed by atoms with E-state index in [1.807, 2.05) is 0 Å². The van der Waals surface area contributed by atoms with E-state index in [2.05, 4.69) is 4.98 Å². The molecule has 0 spiro atoms. The van der Waals surface area contributed by atoms with Gasteiger partial charge in [-0.25, -0.2) is 9.78 Å². The Bertz CT molecular complexity index is 741. The minimum atomic E-state index is -1.19. The quantitative estimate of drug-likeness (QED) is 0.903. The van der Waals surface area contributed by atoms with Gasteiger partial charge in [-0.3, -0.25) is 4.79 Å². The van der Waals surface area contributed by atoms with Crippen molar-refractivity contribution in [2.75, 3.05) is 0 Å². The molecule has 21 heavy (non-hydrogen) atoms. The van der Waals surface area contributed by atoms with Crippen LogP contribution in [0.4, 0.5) is 0 Å². The normalized spacial score (nSPS) is 14.3. The molecule has 0 saturated heterocycles. The second kappa shape index (κ2) is 5.27. The molecular weight excluding hydrogens is 312 g/mol. The predicted octanol–water partition coefficient (Wildman–Crippen LogP) is 3.05. The Kier molecular flexibility index (Phi) is 3.95. The molecule has 7 heteroatoms. The van der Waals surface area contributed by atoms with Crippen molar-refractivity contribution in [3.63, 3.8) is 0 Å². The number of aromatic nitrogens is 1. The highest BCUT2D eigenvalue weighted by Gasteiger charge is 2.41. The maximum atomic E-state index is 12.0. The number of primary amides is 1. The summed E-state index contributed by atoms with van der Waals surface area (Å²) >= 11 is 7.38. The number of halogens is 1. The molecule has 0 radical (unpaired) electrons. The van der Waals surface area contributed by atoms with E-state index in [-0.39, 0.29) is 17.2 Å². The Morgan fingerprint density at radius 3 is 2.57 bits per heavy atom. The minimum Gasteiger partial charge on any atom is -0.478 e. The van der Waals surface area contributed by atoms with Gasteiger partial charge in [-0.1, -0.05) is 25.4 Å². The fourth-order valence-electron chi connectivity index (χ4n) is 2.16. The molecule has 3 N–H and O–H groups in total. The van der Waals surface area contributed by atoms with Crippen LogP contribution in [0.5, 0.6) is 0 Å². The molecule has 0 aromatic carbocycles. The van der Waals surface area contributed by atoms with Crippen LogP contribution in [0, 0.1) is 5.92 Å². The Hall–Kier alpha value is -1.66. The summed E-state index contributed by atoms with van der Waals surface area (Å²) in [6.07, 6.45) is 0. The third-order valence-electron chi connectivity index (χ3n) is 3.89. The van der Waals surface area contributed by atoms with Crippen LogP contribution >= 0.6 is 22.9 Å². The minimum absolute atomic E-state index is 0.0176. The van der Waals surface area contributed by atoms with Crippen LogP contribution in [0.25, 0.3) is 10.2 Å². The lowest BCUT2D eigenvalue weighted by molar-refractivity contribution is -0.124. The lowest BCUT2D eigenvalue weighted by Gasteiger charge is -2.30. The van der Waals surface area contributed by atoms with Crippen LogP contribution in [0.3, 0.4) is 0 Å². The molecule has 1 amide bonds. The molecule has 0 saturated carbocycles. The average Bonchev–Trinajstić information content (AvgIpc) is 2.77. The smallest absolute Gasteiger partial charge is 0.337 e. The molecule has 2 heterocycles. The number of hydrogen-bond acceptors (Lipinski definition) is 4. The largest absolute Gasteiger partial charge is 0.478 e. The average molecular weight is 327 g/mol. The van der Waals surface area contributed by atoms with Gasteiger partial charge >= 0.3 is 5.97 Å². The zero-order valence-corrected chi connectivity index (χ0v) is 13.4. The van der Waals surface area contributed by atoms with Gasteiger partial charge in [0.25, 0.3) is 0 Å². The van der Waals surface area contributed by atoms with Gasteiger partial charge in [0.05, 0.1) is 31.9 Å². The lowest BCUT2D eigenvalue weighted by Crippen LogP contribution is -2.44. The zero-order chi connectivity index (χ0) is 15.9. The number of carboxylic acids is 1. The maximum absolute atomic E-state index is 12.0. The molecule has 2 aromatic heterocycles. The Labute approximate surface area is 130 Å². The van der Waals surface area contributed by atoms with Gasteiger partial charge in [-0.2, -0.15) is 0 Å². The van der Waals surface area contributed by atoms with Gasteiger partial charge in [-0.15, -0.1) is 11.3 Å². The zero-order valence-electron chi connectivity index (χ0n) is 11.8. The molecule has 2 rings (SSSR count). The number of nitrogens with two attached hydrogens (primary N) is 1. The van der Waals surface area contributed by atoms with E-state index >= 15 is 0 Å². The predicted molar refractivity (Wildman–Crippen MR) is 83.0 cm³/mol. The monoisotopic (exact) mass is 326 g/mol. The number of rotatable bonds is 4. The molecule has 2 aromatic rings. The molecule has 0 aliphatic rings. The second-order valence-corrected chi connectivity index (χ2v) is 6.66. The number of carbonyl (C=O) groups is 2. The number of carboxylic acid groups (broad SMARTS) is 1. The second-order valence-electron chi connectivity index (χ2n) is 5.34. The Balaban J connectivity index is 2.87. The van der Waals surface area contributed by atoms with E-state index in [1.54, 1.807) is 26.2 Å². The van der Waals surface area contributed by atoms with Gasteiger partial charge in [0.1, 0.15) is 0 Å². The lowest BCUT2D eigenvalue weighted by atomic mass is 9.73. The number of amides is 1. The first-order valence-electron chi connectivity index (χ1n) is 6.31. The third-order valence-corrected chi connectivity index (χ3v) is 5.23. The molecule has 0 aliphatic carbocycles. The fraction of sp³-hybridized carbons (Fsp3) is 0.357. The number of nitrogens with zero attached hydrogens (tertiary/aromatic N) is 1. The van der Waals surface area contributed by atoms with Crippen LogP contribution in [-0.2, 0) is 10.2 Å². The van der Waals surface area contributed by atoms with Crippen molar-refractivity contribution in [3.8, 4) is 0 Å². The van der Waals surface area contributed by atoms with E-state index in [0.29, 0.717) is 15.2 Å². The summed E-state index contributed by atoms with van der Waals surface area (Å²) in [4.78, 5) is 27.9. The van der Waals surface area contributed by atoms with Crippen molar-refractivity contribution >= 4 is 45.0 Å². The molecule has 112 valence electrons. The fourth-order valence-corrected chi connectivity index (χ4v) is 3.29. The first kappa shape index (κ1) is 15.7. The van der Waals surface area contributed by atoms with Gasteiger partial charge in [0.2, 0.25) is 5.91 Å². The van der Waals surface area contributed by atoms with E-state index in [1.165, 1.54) is 17.4 Å². The van der Waals surface area contributed by atoms with Crippen molar-refractivity contribution in [2.24, 2.45) is 11.7 Å². The molecule has 0 fully saturated rings. The van der Waals surface area contributed by atoms with Gasteiger partial charge in [-0.05, 0) is 18.9 Å². The Morgan fingerprint density at radius 2 is 2.10 bits per heavy atom. The highest BCUT2D eigenvalue weighted by Crippen LogP contribution is 2.37. The highest BCUT2D eigenvalue weighted by atomic mass is 35.5. The summed E-state index contributed by atoms with van der Waals surface area (Å²) in [6, 6.07) is 1.50. The number of fused-ring (bicyclic) bond motifs is 1. The maximum Gasteiger partial charge on any atom is 0.337 e. The van der Waals surface area contributed by atoms with E-state index in [4.69, 9.17) is 17.3 Å². The highest BCUT2D eigenvalue weighted by molar-refractivity contribution is 7.17. The van der Waals surface area contributed by atoms with Crippen LogP contribution in [0.15, 0.2) is 11.4 Å². The summed E-state index contributed by atoms with van der Waals surface area (Å²) in [5.41, 5.74) is 4.98. The van der Waals surface area contributed by atoms with Crippen molar-refractivity contribution in [1.29, 1.82) is 0 Å². The first-order chi connectivity index (χ1) is 9.69. The number of pyridine rings is 1. The van der Waals surface area contributed by atoms with E-state index in [9.17, 15) is 14.7 Å². The number of thiophene rings is 1. The van der Waals surface area contributed by atoms with Crippen LogP contribution in [0.2, 0.25) is 5.02 Å².